The molecule has 1 atom stereocenters. The number of nitrogens with two attached hydrogens (primary N) is 1. The van der Waals surface area contributed by atoms with E-state index in [1.54, 1.807) is 12.1 Å². The number of benzene rings is 1. The van der Waals surface area contributed by atoms with E-state index in [9.17, 15) is 4.79 Å². The van der Waals surface area contributed by atoms with Gasteiger partial charge in [0.05, 0.1) is 0 Å². The number of thiophene rings is 1. The van der Waals surface area contributed by atoms with Crippen LogP contribution < -0.4 is 11.1 Å². The molecule has 1 heterocycles. The summed E-state index contributed by atoms with van der Waals surface area (Å²) in [5.41, 5.74) is 6.16. The van der Waals surface area contributed by atoms with Crippen LogP contribution in [0.4, 0.5) is 5.69 Å². The van der Waals surface area contributed by atoms with Crippen LogP contribution in [0, 0.1) is 0 Å². The topological polar surface area (TPSA) is 55.1 Å². The molecule has 1 unspecified atom stereocenters. The molecule has 17 heavy (non-hydrogen) atoms. The van der Waals surface area contributed by atoms with Crippen molar-refractivity contribution in [2.75, 3.05) is 5.32 Å². The second-order valence-electron chi connectivity index (χ2n) is 3.51. The molecule has 1 aromatic carbocycles. The fourth-order valence-corrected chi connectivity index (χ4v) is 2.46. The molecule has 0 fully saturated rings. The Hall–Kier alpha value is -1.52. The second kappa shape index (κ2) is 5.21. The molecule has 0 bridgehead atoms. The van der Waals surface area contributed by atoms with Gasteiger partial charge in [0.2, 0.25) is 5.91 Å². The van der Waals surface area contributed by atoms with Gasteiger partial charge in [0.1, 0.15) is 6.04 Å². The van der Waals surface area contributed by atoms with Crippen LogP contribution >= 0.6 is 22.9 Å². The van der Waals surface area contributed by atoms with Gasteiger partial charge in [0, 0.05) is 15.6 Å². The largest absolute Gasteiger partial charge is 0.369 e. The first-order chi connectivity index (χ1) is 8.16. The Bertz CT molecular complexity index is 513. The van der Waals surface area contributed by atoms with Crippen LogP contribution in [-0.4, -0.2) is 5.91 Å². The van der Waals surface area contributed by atoms with Crippen molar-refractivity contribution in [1.82, 2.24) is 0 Å². The highest BCUT2D eigenvalue weighted by Gasteiger charge is 2.18. The molecular formula is C12H11ClN2OS. The number of carbonyl (C=O) groups is 1. The van der Waals surface area contributed by atoms with E-state index in [-0.39, 0.29) is 0 Å². The summed E-state index contributed by atoms with van der Waals surface area (Å²) in [4.78, 5) is 12.3. The zero-order chi connectivity index (χ0) is 12.3. The minimum absolute atomic E-state index is 0.410. The lowest BCUT2D eigenvalue weighted by atomic mass is 10.2. The van der Waals surface area contributed by atoms with Gasteiger partial charge in [-0.2, -0.15) is 0 Å². The van der Waals surface area contributed by atoms with E-state index in [1.807, 2.05) is 29.6 Å². The predicted molar refractivity (Wildman–Crippen MR) is 71.3 cm³/mol. The van der Waals surface area contributed by atoms with E-state index in [1.165, 1.54) is 11.3 Å². The van der Waals surface area contributed by atoms with Gasteiger partial charge >= 0.3 is 0 Å². The lowest BCUT2D eigenvalue weighted by Crippen LogP contribution is -2.26. The average molecular weight is 267 g/mol. The zero-order valence-electron chi connectivity index (χ0n) is 8.89. The third-order valence-electron chi connectivity index (χ3n) is 2.25. The Kier molecular flexibility index (Phi) is 3.66. The van der Waals surface area contributed by atoms with Gasteiger partial charge in [0.15, 0.2) is 0 Å². The molecule has 0 aliphatic carbocycles. The Labute approximate surface area is 108 Å². The molecule has 0 saturated heterocycles. The van der Waals surface area contributed by atoms with Crippen molar-refractivity contribution >= 4 is 34.5 Å². The van der Waals surface area contributed by atoms with Gasteiger partial charge in [-0.3, -0.25) is 4.79 Å². The normalized spacial score (nSPS) is 12.1. The summed E-state index contributed by atoms with van der Waals surface area (Å²) in [6.45, 7) is 0. The fraction of sp³-hybridized carbons (Fsp3) is 0.0833. The lowest BCUT2D eigenvalue weighted by molar-refractivity contribution is -0.118. The third-order valence-corrected chi connectivity index (χ3v) is 3.42. The first kappa shape index (κ1) is 12.0. The van der Waals surface area contributed by atoms with Gasteiger partial charge in [0.25, 0.3) is 0 Å². The molecule has 0 spiro atoms. The third kappa shape index (κ3) is 2.99. The Morgan fingerprint density at radius 1 is 1.35 bits per heavy atom. The van der Waals surface area contributed by atoms with Gasteiger partial charge in [-0.1, -0.05) is 23.7 Å². The predicted octanol–water partition coefficient (Wildman–Crippen LogP) is 3.04. The van der Waals surface area contributed by atoms with Gasteiger partial charge < -0.3 is 11.1 Å². The van der Waals surface area contributed by atoms with E-state index < -0.39 is 11.9 Å². The monoisotopic (exact) mass is 266 g/mol. The molecule has 1 amide bonds. The molecule has 5 heteroatoms. The number of rotatable bonds is 4. The maximum Gasteiger partial charge on any atom is 0.245 e. The highest BCUT2D eigenvalue weighted by atomic mass is 35.5. The van der Waals surface area contributed by atoms with E-state index in [2.05, 4.69) is 5.32 Å². The minimum Gasteiger partial charge on any atom is -0.369 e. The maximum atomic E-state index is 11.4. The Balaban J connectivity index is 2.22. The van der Waals surface area contributed by atoms with Crippen LogP contribution in [0.15, 0.2) is 41.8 Å². The van der Waals surface area contributed by atoms with E-state index in [0.717, 1.165) is 10.6 Å². The van der Waals surface area contributed by atoms with Crippen LogP contribution in [0.5, 0.6) is 0 Å². The summed E-state index contributed by atoms with van der Waals surface area (Å²) >= 11 is 7.37. The molecule has 0 aliphatic rings. The molecule has 0 radical (unpaired) electrons. The van der Waals surface area contributed by atoms with Crippen LogP contribution in [-0.2, 0) is 4.79 Å². The van der Waals surface area contributed by atoms with Crippen molar-refractivity contribution < 1.29 is 4.79 Å². The van der Waals surface area contributed by atoms with Crippen molar-refractivity contribution in [1.29, 1.82) is 0 Å². The van der Waals surface area contributed by atoms with Crippen LogP contribution in [0.25, 0.3) is 0 Å². The smallest absolute Gasteiger partial charge is 0.245 e. The first-order valence-electron chi connectivity index (χ1n) is 5.01. The maximum absolute atomic E-state index is 11.4. The van der Waals surface area contributed by atoms with Crippen molar-refractivity contribution in [3.05, 3.63) is 51.7 Å². The Morgan fingerprint density at radius 2 is 2.18 bits per heavy atom. The number of nitrogens with one attached hydrogen (secondary N) is 1. The van der Waals surface area contributed by atoms with Gasteiger partial charge in [-0.15, -0.1) is 11.3 Å². The fourth-order valence-electron chi connectivity index (χ4n) is 1.48. The molecule has 1 aromatic heterocycles. The number of carbonyl (C=O) groups excluding carboxylic acids is 1. The van der Waals surface area contributed by atoms with Crippen molar-refractivity contribution in [3.8, 4) is 0 Å². The molecule has 0 aliphatic heterocycles. The summed E-state index contributed by atoms with van der Waals surface area (Å²) < 4.78 is 0. The number of hydrogen-bond donors (Lipinski definition) is 2. The van der Waals surface area contributed by atoms with Gasteiger partial charge in [-0.05, 0) is 29.6 Å². The number of halogens is 1. The summed E-state index contributed by atoms with van der Waals surface area (Å²) in [7, 11) is 0. The molecule has 88 valence electrons. The minimum atomic E-state index is -0.520. The van der Waals surface area contributed by atoms with Crippen molar-refractivity contribution in [3.63, 3.8) is 0 Å². The number of anilines is 1. The summed E-state index contributed by atoms with van der Waals surface area (Å²) in [6, 6.07) is 10.4. The summed E-state index contributed by atoms with van der Waals surface area (Å²) in [6.07, 6.45) is 0. The first-order valence-corrected chi connectivity index (χ1v) is 6.27. The van der Waals surface area contributed by atoms with Crippen molar-refractivity contribution in [2.24, 2.45) is 5.73 Å². The standard InChI is InChI=1S/C12H11ClN2OS/c13-8-3-1-4-9(7-8)15-11(12(14)16)10-5-2-6-17-10/h1-7,11,15H,(H2,14,16). The highest BCUT2D eigenvalue weighted by Crippen LogP contribution is 2.24. The van der Waals surface area contributed by atoms with Gasteiger partial charge in [-0.25, -0.2) is 0 Å². The highest BCUT2D eigenvalue weighted by molar-refractivity contribution is 7.10. The summed E-state index contributed by atoms with van der Waals surface area (Å²) in [5, 5.41) is 5.60. The lowest BCUT2D eigenvalue weighted by Gasteiger charge is -2.15. The number of amides is 1. The zero-order valence-corrected chi connectivity index (χ0v) is 10.5. The summed E-state index contributed by atoms with van der Waals surface area (Å²) in [5.74, 6) is -0.410. The van der Waals surface area contributed by atoms with E-state index in [0.29, 0.717) is 5.02 Å². The van der Waals surface area contributed by atoms with Crippen LogP contribution in [0.1, 0.15) is 10.9 Å². The SMILES string of the molecule is NC(=O)C(Nc1cccc(Cl)c1)c1cccs1. The van der Waals surface area contributed by atoms with E-state index in [4.69, 9.17) is 17.3 Å². The molecule has 2 rings (SSSR count). The molecule has 3 nitrogen and oxygen atoms in total. The van der Waals surface area contributed by atoms with E-state index >= 15 is 0 Å². The molecule has 3 N–H and O–H groups in total. The van der Waals surface area contributed by atoms with Crippen molar-refractivity contribution in [2.45, 2.75) is 6.04 Å². The number of hydrogen-bond acceptors (Lipinski definition) is 3. The molecule has 0 saturated carbocycles. The van der Waals surface area contributed by atoms with Crippen LogP contribution in [0.2, 0.25) is 5.02 Å². The average Bonchev–Trinajstić information content (AvgIpc) is 2.78. The molecule has 2 aromatic rings. The quantitative estimate of drug-likeness (QED) is 0.894. The number of primary amides is 1. The molecular weight excluding hydrogens is 256 g/mol. The Morgan fingerprint density at radius 3 is 2.76 bits per heavy atom. The second-order valence-corrected chi connectivity index (χ2v) is 4.92. The van der Waals surface area contributed by atoms with Crippen LogP contribution in [0.3, 0.4) is 0 Å².